The lowest BCUT2D eigenvalue weighted by Gasteiger charge is -2.09. The zero-order chi connectivity index (χ0) is 13.5. The highest BCUT2D eigenvalue weighted by Gasteiger charge is 2.01. The second kappa shape index (κ2) is 7.58. The summed E-state index contributed by atoms with van der Waals surface area (Å²) in [7, 11) is 0. The molecular formula is C14H17ClN2OS. The second-order valence-electron chi connectivity index (χ2n) is 4.14. The molecule has 2 N–H and O–H groups in total. The van der Waals surface area contributed by atoms with Crippen LogP contribution in [0.3, 0.4) is 0 Å². The molecule has 0 radical (unpaired) electrons. The third kappa shape index (κ3) is 4.27. The van der Waals surface area contributed by atoms with Crippen LogP contribution in [0.5, 0.6) is 0 Å². The van der Waals surface area contributed by atoms with E-state index >= 15 is 0 Å². The number of aromatic nitrogens is 1. The number of rotatable bonds is 7. The van der Waals surface area contributed by atoms with Gasteiger partial charge in [-0.3, -0.25) is 4.98 Å². The molecule has 0 unspecified atom stereocenters. The number of fused-ring (bicyclic) bond motifs is 1. The lowest BCUT2D eigenvalue weighted by Crippen LogP contribution is -2.04. The molecule has 19 heavy (non-hydrogen) atoms. The maximum atomic E-state index is 8.69. The van der Waals surface area contributed by atoms with Crippen molar-refractivity contribution in [2.75, 3.05) is 30.0 Å². The molecule has 1 aromatic carbocycles. The molecule has 3 nitrogen and oxygen atoms in total. The standard InChI is InChI=1S/C14H17ClN2OS/c15-11-2-3-12-13(4-6-17-14(12)10-11)16-5-1-8-19-9-7-18/h2-4,6,10,18H,1,5,7-9H2,(H,16,17). The number of anilines is 1. The predicted octanol–water partition coefficient (Wildman–Crippen LogP) is 3.42. The average Bonchev–Trinajstić information content (AvgIpc) is 2.42. The quantitative estimate of drug-likeness (QED) is 0.769. The van der Waals surface area contributed by atoms with Gasteiger partial charge in [-0.15, -0.1) is 0 Å². The minimum atomic E-state index is 0.258. The van der Waals surface area contributed by atoms with Crippen molar-refractivity contribution in [1.29, 1.82) is 0 Å². The van der Waals surface area contributed by atoms with Crippen molar-refractivity contribution < 1.29 is 5.11 Å². The smallest absolute Gasteiger partial charge is 0.0737 e. The number of hydrogen-bond acceptors (Lipinski definition) is 4. The van der Waals surface area contributed by atoms with E-state index < -0.39 is 0 Å². The Labute approximate surface area is 122 Å². The van der Waals surface area contributed by atoms with E-state index in [-0.39, 0.29) is 6.61 Å². The van der Waals surface area contributed by atoms with E-state index in [4.69, 9.17) is 16.7 Å². The summed E-state index contributed by atoms with van der Waals surface area (Å²) in [6, 6.07) is 7.73. The Morgan fingerprint density at radius 2 is 2.16 bits per heavy atom. The zero-order valence-electron chi connectivity index (χ0n) is 10.6. The number of thioether (sulfide) groups is 1. The van der Waals surface area contributed by atoms with Gasteiger partial charge < -0.3 is 10.4 Å². The Balaban J connectivity index is 1.93. The Morgan fingerprint density at radius 3 is 3.00 bits per heavy atom. The summed E-state index contributed by atoms with van der Waals surface area (Å²) in [5.74, 6) is 1.87. The normalized spacial score (nSPS) is 10.8. The van der Waals surface area contributed by atoms with Gasteiger partial charge in [-0.25, -0.2) is 0 Å². The summed E-state index contributed by atoms with van der Waals surface area (Å²) >= 11 is 7.74. The number of aliphatic hydroxyl groups excluding tert-OH is 1. The number of pyridine rings is 1. The minimum absolute atomic E-state index is 0.258. The Hall–Kier alpha value is -0.970. The molecule has 0 amide bonds. The Morgan fingerprint density at radius 1 is 1.26 bits per heavy atom. The van der Waals surface area contributed by atoms with E-state index in [0.29, 0.717) is 5.02 Å². The summed E-state index contributed by atoms with van der Waals surface area (Å²) < 4.78 is 0. The number of hydrogen-bond donors (Lipinski definition) is 2. The summed E-state index contributed by atoms with van der Waals surface area (Å²) in [6.07, 6.45) is 2.86. The van der Waals surface area contributed by atoms with Crippen molar-refractivity contribution in [1.82, 2.24) is 4.98 Å². The summed E-state index contributed by atoms with van der Waals surface area (Å²) in [4.78, 5) is 4.32. The first-order valence-electron chi connectivity index (χ1n) is 6.28. The van der Waals surface area contributed by atoms with Crippen LogP contribution in [0.2, 0.25) is 5.02 Å². The molecule has 2 rings (SSSR count). The molecule has 0 aliphatic heterocycles. The first kappa shape index (κ1) is 14.4. The van der Waals surface area contributed by atoms with Gasteiger partial charge in [0.05, 0.1) is 12.1 Å². The van der Waals surface area contributed by atoms with Gasteiger partial charge in [-0.2, -0.15) is 11.8 Å². The van der Waals surface area contributed by atoms with Gasteiger partial charge in [0.25, 0.3) is 0 Å². The summed E-state index contributed by atoms with van der Waals surface area (Å²) in [6.45, 7) is 1.17. The van der Waals surface area contributed by atoms with Gasteiger partial charge in [0, 0.05) is 34.6 Å². The molecule has 0 atom stereocenters. The van der Waals surface area contributed by atoms with E-state index in [0.717, 1.165) is 41.1 Å². The van der Waals surface area contributed by atoms with Crippen molar-refractivity contribution in [3.8, 4) is 0 Å². The zero-order valence-corrected chi connectivity index (χ0v) is 12.2. The maximum Gasteiger partial charge on any atom is 0.0737 e. The topological polar surface area (TPSA) is 45.1 Å². The fraction of sp³-hybridized carbons (Fsp3) is 0.357. The minimum Gasteiger partial charge on any atom is -0.396 e. The molecule has 102 valence electrons. The van der Waals surface area contributed by atoms with Gasteiger partial charge >= 0.3 is 0 Å². The monoisotopic (exact) mass is 296 g/mol. The van der Waals surface area contributed by atoms with Crippen molar-refractivity contribution in [2.24, 2.45) is 0 Å². The number of nitrogens with one attached hydrogen (secondary N) is 1. The van der Waals surface area contributed by atoms with Crippen LogP contribution in [-0.4, -0.2) is 34.7 Å². The number of benzene rings is 1. The molecule has 5 heteroatoms. The SMILES string of the molecule is OCCSCCCNc1ccnc2cc(Cl)ccc12. The van der Waals surface area contributed by atoms with Gasteiger partial charge in [0.2, 0.25) is 0 Å². The first-order valence-corrected chi connectivity index (χ1v) is 7.81. The van der Waals surface area contributed by atoms with Crippen LogP contribution in [-0.2, 0) is 0 Å². The van der Waals surface area contributed by atoms with E-state index in [1.807, 2.05) is 24.3 Å². The summed E-state index contributed by atoms with van der Waals surface area (Å²) in [5, 5.41) is 13.9. The van der Waals surface area contributed by atoms with E-state index in [1.54, 1.807) is 18.0 Å². The van der Waals surface area contributed by atoms with Gasteiger partial charge in [0.15, 0.2) is 0 Å². The Kier molecular flexibility index (Phi) is 5.76. The molecule has 0 fully saturated rings. The van der Waals surface area contributed by atoms with Crippen molar-refractivity contribution in [3.63, 3.8) is 0 Å². The summed E-state index contributed by atoms with van der Waals surface area (Å²) in [5.41, 5.74) is 2.00. The van der Waals surface area contributed by atoms with Crippen LogP contribution in [0.15, 0.2) is 30.5 Å². The van der Waals surface area contributed by atoms with Gasteiger partial charge in [0.1, 0.15) is 0 Å². The third-order valence-electron chi connectivity index (χ3n) is 2.72. The average molecular weight is 297 g/mol. The van der Waals surface area contributed by atoms with Gasteiger partial charge in [-0.1, -0.05) is 11.6 Å². The van der Waals surface area contributed by atoms with Crippen LogP contribution < -0.4 is 5.32 Å². The lowest BCUT2D eigenvalue weighted by atomic mass is 10.2. The maximum absolute atomic E-state index is 8.69. The molecule has 0 saturated heterocycles. The lowest BCUT2D eigenvalue weighted by molar-refractivity contribution is 0.322. The van der Waals surface area contributed by atoms with Crippen molar-refractivity contribution in [3.05, 3.63) is 35.5 Å². The van der Waals surface area contributed by atoms with Gasteiger partial charge in [-0.05, 0) is 36.4 Å². The molecule has 0 bridgehead atoms. The molecule has 0 spiro atoms. The first-order chi connectivity index (χ1) is 9.31. The van der Waals surface area contributed by atoms with Crippen LogP contribution in [0.4, 0.5) is 5.69 Å². The van der Waals surface area contributed by atoms with Crippen LogP contribution in [0, 0.1) is 0 Å². The molecular weight excluding hydrogens is 280 g/mol. The fourth-order valence-corrected chi connectivity index (χ4v) is 2.69. The molecule has 0 aliphatic carbocycles. The highest BCUT2D eigenvalue weighted by Crippen LogP contribution is 2.24. The molecule has 1 heterocycles. The molecule has 0 aliphatic rings. The number of nitrogens with zero attached hydrogens (tertiary/aromatic N) is 1. The van der Waals surface area contributed by atoms with E-state index in [2.05, 4.69) is 10.3 Å². The van der Waals surface area contributed by atoms with Crippen molar-refractivity contribution >= 4 is 40.0 Å². The molecule has 1 aromatic heterocycles. The Bertz CT molecular complexity index is 536. The van der Waals surface area contributed by atoms with Crippen LogP contribution in [0.1, 0.15) is 6.42 Å². The predicted molar refractivity (Wildman–Crippen MR) is 84.3 cm³/mol. The fourth-order valence-electron chi connectivity index (χ4n) is 1.84. The van der Waals surface area contributed by atoms with Crippen molar-refractivity contribution in [2.45, 2.75) is 6.42 Å². The van der Waals surface area contributed by atoms with E-state index in [1.165, 1.54) is 0 Å². The molecule has 2 aromatic rings. The highest BCUT2D eigenvalue weighted by molar-refractivity contribution is 7.99. The molecule has 0 saturated carbocycles. The van der Waals surface area contributed by atoms with E-state index in [9.17, 15) is 0 Å². The highest BCUT2D eigenvalue weighted by atomic mass is 35.5. The third-order valence-corrected chi connectivity index (χ3v) is 4.00. The number of aliphatic hydroxyl groups is 1. The second-order valence-corrected chi connectivity index (χ2v) is 5.80. The van der Waals surface area contributed by atoms with Crippen LogP contribution in [0.25, 0.3) is 10.9 Å². The number of halogens is 1. The largest absolute Gasteiger partial charge is 0.396 e. The van der Waals surface area contributed by atoms with Crippen LogP contribution >= 0.6 is 23.4 Å².